The van der Waals surface area contributed by atoms with Crippen LogP contribution in [0.4, 0.5) is 30.4 Å². The molecular weight excluding hydrogens is 601 g/mol. The Morgan fingerprint density at radius 3 is 2.22 bits per heavy atom. The number of amides is 1. The van der Waals surface area contributed by atoms with Gasteiger partial charge in [0.15, 0.2) is 11.4 Å². The molecule has 0 unspecified atom stereocenters. The highest BCUT2D eigenvalue weighted by Crippen LogP contribution is 2.31. The number of rotatable bonds is 8. The molecule has 5 aromatic rings. The first-order valence-electron chi connectivity index (χ1n) is 12.6. The Kier molecular flexibility index (Phi) is 9.46. The van der Waals surface area contributed by atoms with Crippen LogP contribution in [0.15, 0.2) is 79.3 Å². The number of aromatic carboxylic acids is 1. The molecule has 3 aromatic heterocycles. The summed E-state index contributed by atoms with van der Waals surface area (Å²) in [5, 5.41) is 26.5. The number of anilines is 3. The summed E-state index contributed by atoms with van der Waals surface area (Å²) in [6.07, 6.45) is -1.82. The molecule has 2 aromatic carbocycles. The van der Waals surface area contributed by atoms with E-state index in [9.17, 15) is 22.8 Å². The second-order valence-electron chi connectivity index (χ2n) is 8.92. The lowest BCUT2D eigenvalue weighted by Gasteiger charge is -2.12. The van der Waals surface area contributed by atoms with Gasteiger partial charge in [0.1, 0.15) is 12.1 Å². The molecule has 4 N–H and O–H groups in total. The van der Waals surface area contributed by atoms with Gasteiger partial charge in [0.2, 0.25) is 0 Å². The van der Waals surface area contributed by atoms with Crippen LogP contribution in [-0.2, 0) is 4.79 Å². The molecular formula is C29H23F3N6O7. The minimum Gasteiger partial charge on any atom is -0.491 e. The van der Waals surface area contributed by atoms with Crippen molar-refractivity contribution in [1.29, 1.82) is 0 Å². The van der Waals surface area contributed by atoms with Gasteiger partial charge < -0.3 is 30.3 Å². The summed E-state index contributed by atoms with van der Waals surface area (Å²) in [7, 11) is 3.06. The van der Waals surface area contributed by atoms with Crippen molar-refractivity contribution in [3.05, 3.63) is 90.4 Å². The number of pyridine rings is 2. The van der Waals surface area contributed by atoms with E-state index in [-0.39, 0.29) is 11.5 Å². The largest absolute Gasteiger partial charge is 0.491 e. The number of carbonyl (C=O) groups is 3. The van der Waals surface area contributed by atoms with Crippen LogP contribution in [-0.4, -0.2) is 68.0 Å². The first kappa shape index (κ1) is 31.7. The Bertz CT molecular complexity index is 1860. The van der Waals surface area contributed by atoms with Crippen LogP contribution in [0, 0.1) is 0 Å². The van der Waals surface area contributed by atoms with Gasteiger partial charge in [-0.2, -0.15) is 23.3 Å². The molecule has 232 valence electrons. The number of halogens is 3. The predicted octanol–water partition coefficient (Wildman–Crippen LogP) is 5.14. The minimum absolute atomic E-state index is 0.140. The zero-order chi connectivity index (χ0) is 32.7. The van der Waals surface area contributed by atoms with Crippen molar-refractivity contribution in [3.8, 4) is 22.8 Å². The third-order valence-electron chi connectivity index (χ3n) is 5.97. The van der Waals surface area contributed by atoms with Gasteiger partial charge in [0.25, 0.3) is 11.8 Å². The first-order valence-corrected chi connectivity index (χ1v) is 12.6. The van der Waals surface area contributed by atoms with E-state index in [4.69, 9.17) is 24.5 Å². The number of hydrogen-bond donors (Lipinski definition) is 4. The smallest absolute Gasteiger partial charge is 0.490 e. The standard InChI is InChI=1S/C27H22N6O5.C2HF3O2/c1-37-22-10-11-23(32-26(22)38-2)31-21-13-19(14-33-24(21)28-15-29-33)17-4-3-5-18(12-17)25(34)30-20-8-6-16(7-9-20)27(35)36;3-2(4,5)1(6)7/h3-15H,1-2H3,(H,30,34)(H,31,32)(H,35,36);(H,6,7). The quantitative estimate of drug-likeness (QED) is 0.180. The monoisotopic (exact) mass is 624 g/mol. The minimum atomic E-state index is -5.08. The van der Waals surface area contributed by atoms with E-state index < -0.39 is 18.1 Å². The van der Waals surface area contributed by atoms with Crippen molar-refractivity contribution < 1.29 is 47.2 Å². The molecule has 3 heterocycles. The normalized spacial score (nSPS) is 10.8. The lowest BCUT2D eigenvalue weighted by Crippen LogP contribution is -2.21. The van der Waals surface area contributed by atoms with E-state index in [0.29, 0.717) is 40.0 Å². The van der Waals surface area contributed by atoms with Crippen LogP contribution >= 0.6 is 0 Å². The molecule has 0 aliphatic carbocycles. The Labute approximate surface area is 251 Å². The fourth-order valence-corrected chi connectivity index (χ4v) is 3.85. The lowest BCUT2D eigenvalue weighted by molar-refractivity contribution is -0.192. The molecule has 1 amide bonds. The van der Waals surface area contributed by atoms with Gasteiger partial charge in [-0.3, -0.25) is 4.79 Å². The highest BCUT2D eigenvalue weighted by Gasteiger charge is 2.38. The number of nitrogens with one attached hydrogen (secondary N) is 2. The lowest BCUT2D eigenvalue weighted by atomic mass is 10.0. The summed E-state index contributed by atoms with van der Waals surface area (Å²) in [4.78, 5) is 41.6. The van der Waals surface area contributed by atoms with Crippen molar-refractivity contribution in [2.45, 2.75) is 6.18 Å². The zero-order valence-corrected chi connectivity index (χ0v) is 23.4. The molecule has 16 heteroatoms. The number of aromatic nitrogens is 4. The number of carboxylic acids is 2. The van der Waals surface area contributed by atoms with Gasteiger partial charge in [0, 0.05) is 23.0 Å². The maximum Gasteiger partial charge on any atom is 0.490 e. The van der Waals surface area contributed by atoms with Gasteiger partial charge in [-0.25, -0.2) is 19.1 Å². The molecule has 0 atom stereocenters. The van der Waals surface area contributed by atoms with Crippen LogP contribution in [0.1, 0.15) is 20.7 Å². The van der Waals surface area contributed by atoms with E-state index in [2.05, 4.69) is 25.7 Å². The number of nitrogens with zero attached hydrogens (tertiary/aromatic N) is 4. The first-order chi connectivity index (χ1) is 21.4. The number of alkyl halides is 3. The van der Waals surface area contributed by atoms with E-state index in [1.165, 1.54) is 25.6 Å². The van der Waals surface area contributed by atoms with Crippen molar-refractivity contribution in [1.82, 2.24) is 19.6 Å². The number of hydrogen-bond acceptors (Lipinski definition) is 9. The van der Waals surface area contributed by atoms with Crippen molar-refractivity contribution >= 4 is 40.7 Å². The number of fused-ring (bicyclic) bond motifs is 1. The van der Waals surface area contributed by atoms with Crippen LogP contribution in [0.25, 0.3) is 16.8 Å². The topological polar surface area (TPSA) is 177 Å². The van der Waals surface area contributed by atoms with Crippen molar-refractivity contribution in [3.63, 3.8) is 0 Å². The van der Waals surface area contributed by atoms with Gasteiger partial charge in [0.05, 0.1) is 25.5 Å². The molecule has 13 nitrogen and oxygen atoms in total. The molecule has 5 rings (SSSR count). The Morgan fingerprint density at radius 2 is 1.60 bits per heavy atom. The highest BCUT2D eigenvalue weighted by molar-refractivity contribution is 6.05. The van der Waals surface area contributed by atoms with E-state index >= 15 is 0 Å². The van der Waals surface area contributed by atoms with Crippen LogP contribution in [0.2, 0.25) is 0 Å². The number of carbonyl (C=O) groups excluding carboxylic acids is 1. The van der Waals surface area contributed by atoms with E-state index in [0.717, 1.165) is 11.1 Å². The Balaban J connectivity index is 0.000000591. The molecule has 0 bridgehead atoms. The van der Waals surface area contributed by atoms with Gasteiger partial charge in [-0.05, 0) is 60.2 Å². The maximum absolute atomic E-state index is 12.9. The number of aliphatic carboxylic acids is 1. The molecule has 0 spiro atoms. The molecule has 45 heavy (non-hydrogen) atoms. The fraction of sp³-hybridized carbons (Fsp3) is 0.103. The summed E-state index contributed by atoms with van der Waals surface area (Å²) in [5.41, 5.74) is 3.85. The Hall–Kier alpha value is -6.19. The second kappa shape index (κ2) is 13.4. The molecule has 0 saturated carbocycles. The van der Waals surface area contributed by atoms with E-state index in [1.54, 1.807) is 54.1 Å². The van der Waals surface area contributed by atoms with Gasteiger partial charge in [-0.1, -0.05) is 12.1 Å². The van der Waals surface area contributed by atoms with Crippen LogP contribution in [0.3, 0.4) is 0 Å². The van der Waals surface area contributed by atoms with Gasteiger partial charge >= 0.3 is 18.1 Å². The average molecular weight is 625 g/mol. The Morgan fingerprint density at radius 1 is 0.889 bits per heavy atom. The van der Waals surface area contributed by atoms with Crippen molar-refractivity contribution in [2.24, 2.45) is 0 Å². The summed E-state index contributed by atoms with van der Waals surface area (Å²) in [6, 6.07) is 18.5. The number of ether oxygens (including phenoxy) is 2. The summed E-state index contributed by atoms with van der Waals surface area (Å²) in [5.74, 6) is -2.76. The second-order valence-corrected chi connectivity index (χ2v) is 8.92. The number of carboxylic acid groups (broad SMARTS) is 2. The van der Waals surface area contributed by atoms with Gasteiger partial charge in [-0.15, -0.1) is 0 Å². The zero-order valence-electron chi connectivity index (χ0n) is 23.4. The third kappa shape index (κ3) is 7.81. The molecule has 0 fully saturated rings. The predicted molar refractivity (Wildman–Crippen MR) is 154 cm³/mol. The molecule has 0 saturated heterocycles. The highest BCUT2D eigenvalue weighted by atomic mass is 19.4. The van der Waals surface area contributed by atoms with E-state index in [1.807, 2.05) is 18.3 Å². The maximum atomic E-state index is 12.9. The summed E-state index contributed by atoms with van der Waals surface area (Å²) < 4.78 is 43.9. The molecule has 0 aliphatic rings. The molecule has 0 radical (unpaired) electrons. The molecule has 0 aliphatic heterocycles. The van der Waals surface area contributed by atoms with Crippen LogP contribution in [0.5, 0.6) is 11.6 Å². The van der Waals surface area contributed by atoms with Crippen LogP contribution < -0.4 is 20.1 Å². The number of benzene rings is 2. The summed E-state index contributed by atoms with van der Waals surface area (Å²) in [6.45, 7) is 0. The van der Waals surface area contributed by atoms with Crippen molar-refractivity contribution in [2.75, 3.05) is 24.9 Å². The average Bonchev–Trinajstić information content (AvgIpc) is 3.50. The summed E-state index contributed by atoms with van der Waals surface area (Å²) >= 11 is 0. The number of methoxy groups -OCH3 is 2. The third-order valence-corrected chi connectivity index (χ3v) is 5.97. The SMILES string of the molecule is COc1ccc(Nc2cc(-c3cccc(C(=O)Nc4ccc(C(=O)O)cc4)c3)cn3ncnc23)nc1OC.O=C(O)C(F)(F)F. The fourth-order valence-electron chi connectivity index (χ4n) is 3.85.